The Bertz CT molecular complexity index is 381. The summed E-state index contributed by atoms with van der Waals surface area (Å²) in [5.41, 5.74) is 6.69. The van der Waals surface area contributed by atoms with Crippen LogP contribution in [0.15, 0.2) is 22.7 Å². The second kappa shape index (κ2) is 5.86. The lowest BCUT2D eigenvalue weighted by Gasteiger charge is -2.15. The van der Waals surface area contributed by atoms with Gasteiger partial charge in [0.1, 0.15) is 5.75 Å². The molecular weight excluding hydrogens is 274 g/mol. The first-order valence-corrected chi connectivity index (χ1v) is 5.53. The van der Waals surface area contributed by atoms with Gasteiger partial charge >= 0.3 is 5.97 Å². The van der Waals surface area contributed by atoms with Crippen LogP contribution in [-0.2, 0) is 9.53 Å². The Balaban J connectivity index is 2.92. The number of halogens is 1. The molecule has 16 heavy (non-hydrogen) atoms. The molecule has 0 amide bonds. The summed E-state index contributed by atoms with van der Waals surface area (Å²) in [5, 5.41) is 0. The minimum absolute atomic E-state index is 0.128. The van der Waals surface area contributed by atoms with Crippen molar-refractivity contribution in [2.75, 3.05) is 14.2 Å². The quantitative estimate of drug-likeness (QED) is 0.861. The zero-order valence-corrected chi connectivity index (χ0v) is 10.8. The maximum absolute atomic E-state index is 11.1. The Morgan fingerprint density at radius 2 is 2.19 bits per heavy atom. The molecule has 0 saturated carbocycles. The van der Waals surface area contributed by atoms with Crippen LogP contribution in [0.2, 0.25) is 0 Å². The normalized spacial score (nSPS) is 12.0. The summed E-state index contributed by atoms with van der Waals surface area (Å²) in [6, 6.07) is 5.07. The van der Waals surface area contributed by atoms with Crippen LogP contribution in [-0.4, -0.2) is 20.2 Å². The third kappa shape index (κ3) is 3.21. The third-order valence-corrected chi connectivity index (χ3v) is 2.70. The van der Waals surface area contributed by atoms with E-state index in [1.165, 1.54) is 7.11 Å². The highest BCUT2D eigenvalue weighted by atomic mass is 79.9. The van der Waals surface area contributed by atoms with Crippen LogP contribution in [0.1, 0.15) is 18.0 Å². The molecule has 0 heterocycles. The zero-order chi connectivity index (χ0) is 12.1. The fraction of sp³-hybridized carbons (Fsp3) is 0.364. The van der Waals surface area contributed by atoms with Gasteiger partial charge in [-0.1, -0.05) is 15.9 Å². The van der Waals surface area contributed by atoms with Gasteiger partial charge in [-0.05, 0) is 18.2 Å². The van der Waals surface area contributed by atoms with Gasteiger partial charge in [-0.3, -0.25) is 4.79 Å². The number of esters is 1. The molecule has 2 N–H and O–H groups in total. The predicted molar refractivity (Wildman–Crippen MR) is 64.3 cm³/mol. The van der Waals surface area contributed by atoms with E-state index >= 15 is 0 Å². The molecular formula is C11H14BrNO3. The molecule has 1 atom stereocenters. The lowest BCUT2D eigenvalue weighted by molar-refractivity contribution is -0.141. The van der Waals surface area contributed by atoms with Crippen molar-refractivity contribution in [3.63, 3.8) is 0 Å². The number of carbonyl (C=O) groups excluding carboxylic acids is 1. The van der Waals surface area contributed by atoms with Gasteiger partial charge in [0.15, 0.2) is 0 Å². The smallest absolute Gasteiger partial charge is 0.307 e. The van der Waals surface area contributed by atoms with E-state index in [1.807, 2.05) is 12.1 Å². The predicted octanol–water partition coefficient (Wildman–Crippen LogP) is 2.02. The van der Waals surface area contributed by atoms with Gasteiger partial charge in [0, 0.05) is 16.1 Å². The zero-order valence-electron chi connectivity index (χ0n) is 9.20. The first-order chi connectivity index (χ1) is 7.58. The lowest BCUT2D eigenvalue weighted by Crippen LogP contribution is -2.17. The van der Waals surface area contributed by atoms with Crippen molar-refractivity contribution in [2.24, 2.45) is 5.73 Å². The van der Waals surface area contributed by atoms with Crippen molar-refractivity contribution in [2.45, 2.75) is 12.5 Å². The second-order valence-electron chi connectivity index (χ2n) is 3.27. The molecule has 0 bridgehead atoms. The molecule has 88 valence electrons. The van der Waals surface area contributed by atoms with E-state index in [-0.39, 0.29) is 12.4 Å². The number of carbonyl (C=O) groups is 1. The van der Waals surface area contributed by atoms with Crippen LogP contribution in [0.4, 0.5) is 0 Å². The third-order valence-electron chi connectivity index (χ3n) is 2.21. The molecule has 0 aliphatic carbocycles. The minimum Gasteiger partial charge on any atom is -0.496 e. The Morgan fingerprint density at radius 1 is 1.50 bits per heavy atom. The van der Waals surface area contributed by atoms with Gasteiger partial charge in [0.2, 0.25) is 0 Å². The second-order valence-corrected chi connectivity index (χ2v) is 4.19. The molecule has 0 saturated heterocycles. The molecule has 4 nitrogen and oxygen atoms in total. The summed E-state index contributed by atoms with van der Waals surface area (Å²) < 4.78 is 10.7. The van der Waals surface area contributed by atoms with Gasteiger partial charge in [-0.15, -0.1) is 0 Å². The van der Waals surface area contributed by atoms with E-state index < -0.39 is 6.04 Å². The number of benzene rings is 1. The highest BCUT2D eigenvalue weighted by Gasteiger charge is 2.16. The molecule has 0 aromatic heterocycles. The van der Waals surface area contributed by atoms with Crippen LogP contribution in [0.25, 0.3) is 0 Å². The highest BCUT2D eigenvalue weighted by Crippen LogP contribution is 2.28. The van der Waals surface area contributed by atoms with Crippen molar-refractivity contribution in [3.05, 3.63) is 28.2 Å². The topological polar surface area (TPSA) is 61.5 Å². The van der Waals surface area contributed by atoms with E-state index in [0.717, 1.165) is 10.0 Å². The van der Waals surface area contributed by atoms with Crippen molar-refractivity contribution in [1.29, 1.82) is 0 Å². The molecule has 5 heteroatoms. The maximum atomic E-state index is 11.1. The number of ether oxygens (including phenoxy) is 2. The molecule has 1 aromatic carbocycles. The molecule has 0 fully saturated rings. The van der Waals surface area contributed by atoms with Gasteiger partial charge in [-0.25, -0.2) is 0 Å². The van der Waals surface area contributed by atoms with Crippen molar-refractivity contribution in [1.82, 2.24) is 0 Å². The van der Waals surface area contributed by atoms with E-state index in [2.05, 4.69) is 20.7 Å². The van der Waals surface area contributed by atoms with E-state index in [1.54, 1.807) is 13.2 Å². The number of nitrogens with two attached hydrogens (primary N) is 1. The minimum atomic E-state index is -0.431. The van der Waals surface area contributed by atoms with E-state index in [4.69, 9.17) is 10.5 Å². The number of hydrogen-bond donors (Lipinski definition) is 1. The molecule has 0 aliphatic rings. The first-order valence-electron chi connectivity index (χ1n) is 4.74. The van der Waals surface area contributed by atoms with Crippen molar-refractivity contribution < 1.29 is 14.3 Å². The average molecular weight is 288 g/mol. The van der Waals surface area contributed by atoms with Crippen molar-refractivity contribution >= 4 is 21.9 Å². The fourth-order valence-corrected chi connectivity index (χ4v) is 1.75. The SMILES string of the molecule is COC(=O)CC(N)c1cc(Br)ccc1OC. The van der Waals surface area contributed by atoms with Gasteiger partial charge in [0.05, 0.1) is 20.6 Å². The Kier molecular flexibility index (Phi) is 4.76. The standard InChI is InChI=1S/C11H14BrNO3/c1-15-10-4-3-7(12)5-8(10)9(13)6-11(14)16-2/h3-5,9H,6,13H2,1-2H3. The van der Waals surface area contributed by atoms with Gasteiger partial charge in [-0.2, -0.15) is 0 Å². The summed E-state index contributed by atoms with van der Waals surface area (Å²) in [7, 11) is 2.91. The Labute approximate surface area is 103 Å². The Morgan fingerprint density at radius 3 is 2.75 bits per heavy atom. The van der Waals surface area contributed by atoms with E-state index in [0.29, 0.717) is 5.75 Å². The van der Waals surface area contributed by atoms with Gasteiger partial charge in [0.25, 0.3) is 0 Å². The molecule has 1 unspecified atom stereocenters. The highest BCUT2D eigenvalue weighted by molar-refractivity contribution is 9.10. The Hall–Kier alpha value is -1.07. The average Bonchev–Trinajstić information content (AvgIpc) is 2.28. The molecule has 0 radical (unpaired) electrons. The van der Waals surface area contributed by atoms with Gasteiger partial charge < -0.3 is 15.2 Å². The first kappa shape index (κ1) is 13.0. The summed E-state index contributed by atoms with van der Waals surface area (Å²) in [5.74, 6) is 0.328. The largest absolute Gasteiger partial charge is 0.496 e. The maximum Gasteiger partial charge on any atom is 0.307 e. The van der Waals surface area contributed by atoms with Crippen LogP contribution in [0.3, 0.4) is 0 Å². The van der Waals surface area contributed by atoms with Crippen LogP contribution < -0.4 is 10.5 Å². The number of methoxy groups -OCH3 is 2. The van der Waals surface area contributed by atoms with E-state index in [9.17, 15) is 4.79 Å². The molecule has 0 aliphatic heterocycles. The molecule has 1 rings (SSSR count). The molecule has 0 spiro atoms. The summed E-state index contributed by atoms with van der Waals surface area (Å²) in [6.07, 6.45) is 0.128. The van der Waals surface area contributed by atoms with Crippen LogP contribution >= 0.6 is 15.9 Å². The van der Waals surface area contributed by atoms with Crippen LogP contribution in [0.5, 0.6) is 5.75 Å². The number of rotatable bonds is 4. The lowest BCUT2D eigenvalue weighted by atomic mass is 10.0. The monoisotopic (exact) mass is 287 g/mol. The fourth-order valence-electron chi connectivity index (χ4n) is 1.37. The summed E-state index contributed by atoms with van der Waals surface area (Å²) >= 11 is 3.35. The van der Waals surface area contributed by atoms with Crippen molar-refractivity contribution in [3.8, 4) is 5.75 Å². The van der Waals surface area contributed by atoms with Crippen LogP contribution in [0, 0.1) is 0 Å². The molecule has 1 aromatic rings. The summed E-state index contributed by atoms with van der Waals surface area (Å²) in [4.78, 5) is 11.1. The number of hydrogen-bond acceptors (Lipinski definition) is 4. The summed E-state index contributed by atoms with van der Waals surface area (Å²) in [6.45, 7) is 0.